The highest BCUT2D eigenvalue weighted by Gasteiger charge is 2.31. The number of nitrogens with one attached hydrogen (secondary N) is 4. The third-order valence-corrected chi connectivity index (χ3v) is 7.82. The number of guanidine groups is 1. The minimum Gasteiger partial charge on any atom is -0.384 e. The van der Waals surface area contributed by atoms with Gasteiger partial charge in [-0.25, -0.2) is 13.1 Å². The van der Waals surface area contributed by atoms with Gasteiger partial charge in [-0.2, -0.15) is 0 Å². The summed E-state index contributed by atoms with van der Waals surface area (Å²) in [5.74, 6) is -2.53. The highest BCUT2D eigenvalue weighted by atomic mass is 32.2. The van der Waals surface area contributed by atoms with Crippen molar-refractivity contribution in [3.63, 3.8) is 0 Å². The fourth-order valence-electron chi connectivity index (χ4n) is 4.19. The topological polar surface area (TPSA) is 256 Å². The highest BCUT2D eigenvalue weighted by molar-refractivity contribution is 7.88. The molecule has 0 unspecified atom stereocenters. The molecule has 14 heteroatoms. The van der Waals surface area contributed by atoms with Crippen molar-refractivity contribution in [2.45, 2.75) is 51.4 Å². The number of hydrogen-bond acceptors (Lipinski definition) is 7. The van der Waals surface area contributed by atoms with Crippen LogP contribution in [-0.2, 0) is 31.9 Å². The van der Waals surface area contributed by atoms with Gasteiger partial charge in [-0.1, -0.05) is 62.4 Å². The number of benzene rings is 2. The summed E-state index contributed by atoms with van der Waals surface area (Å²) >= 11 is 0. The van der Waals surface area contributed by atoms with Crippen molar-refractivity contribution in [3.8, 4) is 0 Å². The summed E-state index contributed by atoms with van der Waals surface area (Å²) in [7, 11) is -3.93. The number of sulfonamides is 1. The van der Waals surface area contributed by atoms with E-state index in [0.717, 1.165) is 5.56 Å². The molecule has 1 amide bonds. The van der Waals surface area contributed by atoms with E-state index < -0.39 is 27.8 Å². The van der Waals surface area contributed by atoms with Gasteiger partial charge in [0.25, 0.3) is 0 Å². The van der Waals surface area contributed by atoms with Gasteiger partial charge in [0.15, 0.2) is 11.7 Å². The van der Waals surface area contributed by atoms with Crippen LogP contribution in [0.4, 0.5) is 0 Å². The van der Waals surface area contributed by atoms with Crippen LogP contribution in [0.5, 0.6) is 0 Å². The number of nitrogens with two attached hydrogens (primary N) is 4. The number of aliphatic imine (C=N–C) groups is 1. The smallest absolute Gasteiger partial charge is 0.223 e. The third kappa shape index (κ3) is 11.3. The molecule has 0 fully saturated rings. The molecule has 0 aliphatic carbocycles. The van der Waals surface area contributed by atoms with Crippen molar-refractivity contribution < 1.29 is 18.0 Å². The molecule has 0 radical (unpaired) electrons. The first kappa shape index (κ1) is 33.9. The van der Waals surface area contributed by atoms with Gasteiger partial charge in [0.2, 0.25) is 15.9 Å². The Morgan fingerprint density at radius 1 is 0.881 bits per heavy atom. The van der Waals surface area contributed by atoms with Crippen molar-refractivity contribution in [1.82, 2.24) is 10.0 Å². The molecule has 0 aliphatic heterocycles. The summed E-state index contributed by atoms with van der Waals surface area (Å²) in [5.41, 5.74) is 24.0. The molecular weight excluding hydrogens is 558 g/mol. The Morgan fingerprint density at radius 3 is 1.88 bits per heavy atom. The normalized spacial score (nSPS) is 12.7. The van der Waals surface area contributed by atoms with E-state index in [4.69, 9.17) is 33.8 Å². The molecule has 0 saturated heterocycles. The fourth-order valence-corrected chi connectivity index (χ4v) is 5.69. The lowest BCUT2D eigenvalue weighted by Gasteiger charge is -2.24. The van der Waals surface area contributed by atoms with Crippen LogP contribution in [0.1, 0.15) is 55.4 Å². The predicted molar refractivity (Wildman–Crippen MR) is 164 cm³/mol. The van der Waals surface area contributed by atoms with Crippen molar-refractivity contribution in [2.75, 3.05) is 6.54 Å². The van der Waals surface area contributed by atoms with E-state index in [1.54, 1.807) is 62.4 Å². The number of nitrogens with zero attached hydrogens (tertiary/aromatic N) is 1. The first-order valence-corrected chi connectivity index (χ1v) is 15.1. The van der Waals surface area contributed by atoms with Gasteiger partial charge in [0.05, 0.1) is 11.8 Å². The van der Waals surface area contributed by atoms with E-state index in [2.05, 4.69) is 15.0 Å². The lowest BCUT2D eigenvalue weighted by Crippen LogP contribution is -2.46. The maximum Gasteiger partial charge on any atom is 0.223 e. The summed E-state index contributed by atoms with van der Waals surface area (Å²) in [6.45, 7) is 3.92. The first-order chi connectivity index (χ1) is 19.7. The minimum absolute atomic E-state index is 0.0637. The number of Topliss-reactive ketones (excluding diaryl/α,β-unsaturated/α-hetero) is 1. The first-order valence-electron chi connectivity index (χ1n) is 13.4. The zero-order valence-corrected chi connectivity index (χ0v) is 24.7. The Bertz CT molecular complexity index is 1390. The second-order valence-electron chi connectivity index (χ2n) is 10.4. The highest BCUT2D eigenvalue weighted by Crippen LogP contribution is 2.18. The number of hydrogen-bond donors (Lipinski definition) is 8. The number of carbonyl (C=O) groups excluding carboxylic acids is 2. The van der Waals surface area contributed by atoms with Crippen LogP contribution in [-0.4, -0.2) is 50.3 Å². The molecular formula is C28H41N9O4S. The third-order valence-electron chi connectivity index (χ3n) is 6.50. The lowest BCUT2D eigenvalue weighted by atomic mass is 9.90. The predicted octanol–water partition coefficient (Wildman–Crippen LogP) is 0.644. The summed E-state index contributed by atoms with van der Waals surface area (Å²) in [4.78, 5) is 30.5. The van der Waals surface area contributed by atoms with Crippen LogP contribution in [0.2, 0.25) is 0 Å². The Hall–Kier alpha value is -4.30. The Morgan fingerprint density at radius 2 is 1.40 bits per heavy atom. The van der Waals surface area contributed by atoms with E-state index in [0.29, 0.717) is 29.5 Å². The second kappa shape index (κ2) is 15.6. The zero-order valence-electron chi connectivity index (χ0n) is 23.9. The van der Waals surface area contributed by atoms with Crippen LogP contribution >= 0.6 is 0 Å². The van der Waals surface area contributed by atoms with Crippen LogP contribution in [0, 0.1) is 22.7 Å². The molecule has 0 aromatic heterocycles. The number of carbonyl (C=O) groups is 2. The molecule has 13 nitrogen and oxygen atoms in total. The van der Waals surface area contributed by atoms with E-state index in [-0.39, 0.29) is 54.7 Å². The van der Waals surface area contributed by atoms with E-state index in [1.165, 1.54) is 0 Å². The standard InChI is InChI=1S/C28H41N9O4S/c1-17(2)24(37-42(40,41)16-19-7-11-21(12-8-19)26(31)32)23(38)14-22(4-3-13-35-28(33)34)27(39)36-15-18-5-9-20(10-6-18)25(29)30/h5-12,17,22,24,37H,3-4,13-16H2,1-2H3,(H3,29,30)(H3,31,32)(H,36,39)(H4,33,34,35)/t22-,24+/m1/s1. The van der Waals surface area contributed by atoms with E-state index >= 15 is 0 Å². The van der Waals surface area contributed by atoms with Gasteiger partial charge < -0.3 is 28.3 Å². The summed E-state index contributed by atoms with van der Waals surface area (Å²) in [6, 6.07) is 12.0. The molecule has 0 spiro atoms. The Labute approximate surface area is 246 Å². The molecule has 0 saturated carbocycles. The number of amidine groups is 2. The van der Waals surface area contributed by atoms with Crippen LogP contribution in [0.3, 0.4) is 0 Å². The Kier molecular flexibility index (Phi) is 12.6. The number of nitrogen functional groups attached to an aromatic ring is 2. The van der Waals surface area contributed by atoms with Crippen molar-refractivity contribution in [2.24, 2.45) is 39.8 Å². The van der Waals surface area contributed by atoms with Crippen molar-refractivity contribution in [3.05, 3.63) is 70.8 Å². The number of amides is 1. The maximum absolute atomic E-state index is 13.4. The minimum atomic E-state index is -3.93. The van der Waals surface area contributed by atoms with Gasteiger partial charge >= 0.3 is 0 Å². The maximum atomic E-state index is 13.4. The zero-order chi connectivity index (χ0) is 31.4. The second-order valence-corrected chi connectivity index (χ2v) is 12.1. The van der Waals surface area contributed by atoms with Gasteiger partial charge in [0.1, 0.15) is 11.7 Å². The summed E-state index contributed by atoms with van der Waals surface area (Å²) < 4.78 is 28.5. The van der Waals surface area contributed by atoms with E-state index in [1.807, 2.05) is 0 Å². The molecule has 0 bridgehead atoms. The summed E-state index contributed by atoms with van der Waals surface area (Å²) in [5, 5.41) is 17.8. The summed E-state index contributed by atoms with van der Waals surface area (Å²) in [6.07, 6.45) is 0.554. The van der Waals surface area contributed by atoms with Gasteiger partial charge in [-0.3, -0.25) is 25.4 Å². The molecule has 12 N–H and O–H groups in total. The average Bonchev–Trinajstić information content (AvgIpc) is 2.92. The molecule has 0 heterocycles. The lowest BCUT2D eigenvalue weighted by molar-refractivity contribution is -0.130. The molecule has 0 aliphatic rings. The molecule has 228 valence electrons. The monoisotopic (exact) mass is 599 g/mol. The van der Waals surface area contributed by atoms with Crippen molar-refractivity contribution in [1.29, 1.82) is 10.8 Å². The molecule has 2 aromatic rings. The Balaban J connectivity index is 2.13. The quantitative estimate of drug-likeness (QED) is 0.0725. The van der Waals surface area contributed by atoms with Gasteiger partial charge in [0, 0.05) is 36.6 Å². The van der Waals surface area contributed by atoms with Crippen LogP contribution in [0.15, 0.2) is 53.5 Å². The molecule has 2 rings (SSSR count). The average molecular weight is 600 g/mol. The molecule has 2 aromatic carbocycles. The fraction of sp³-hybridized carbons (Fsp3) is 0.393. The van der Waals surface area contributed by atoms with Crippen molar-refractivity contribution >= 4 is 39.3 Å². The SMILES string of the molecule is CC(C)[C@H](NS(=O)(=O)Cc1ccc(C(=N)N)cc1)C(=O)C[C@@H](CCCN=C(N)N)C(=O)NCc1ccc(C(=N)N)cc1. The van der Waals surface area contributed by atoms with E-state index in [9.17, 15) is 18.0 Å². The largest absolute Gasteiger partial charge is 0.384 e. The number of ketones is 1. The number of rotatable bonds is 17. The van der Waals surface area contributed by atoms with Gasteiger partial charge in [-0.05, 0) is 29.9 Å². The molecule has 2 atom stereocenters. The van der Waals surface area contributed by atoms with Crippen LogP contribution < -0.4 is 33.0 Å². The molecule has 42 heavy (non-hydrogen) atoms. The van der Waals surface area contributed by atoms with Gasteiger partial charge in [-0.15, -0.1) is 0 Å². The van der Waals surface area contributed by atoms with Crippen LogP contribution in [0.25, 0.3) is 0 Å².